The first kappa shape index (κ1) is 9.72. The normalized spacial score (nSPS) is 10.6. The van der Waals surface area contributed by atoms with E-state index in [9.17, 15) is 5.11 Å². The van der Waals surface area contributed by atoms with Gasteiger partial charge < -0.3 is 5.11 Å². The van der Waals surface area contributed by atoms with Crippen LogP contribution in [0.3, 0.4) is 0 Å². The number of aromatic nitrogens is 3. The van der Waals surface area contributed by atoms with E-state index < -0.39 is 0 Å². The molecule has 0 aliphatic carbocycles. The average Bonchev–Trinajstić information content (AvgIpc) is 2.39. The Morgan fingerprint density at radius 3 is 2.53 bits per heavy atom. The van der Waals surface area contributed by atoms with E-state index in [-0.39, 0.29) is 5.75 Å². The Labute approximate surface area is 97.6 Å². The standard InChI is InChI=1S/C13H9N3O/c17-12-6-3-7-14-13(12)11-8-15-9-4-1-2-5-10(9)16-11/h1-8,17H. The number of para-hydroxylation sites is 2. The quantitative estimate of drug-likeness (QED) is 0.688. The molecule has 0 saturated heterocycles. The highest BCUT2D eigenvalue weighted by Gasteiger charge is 2.07. The summed E-state index contributed by atoms with van der Waals surface area (Å²) in [5.74, 6) is 0.108. The van der Waals surface area contributed by atoms with E-state index in [0.717, 1.165) is 11.0 Å². The maximum Gasteiger partial charge on any atom is 0.143 e. The maximum absolute atomic E-state index is 9.71. The molecule has 0 saturated carbocycles. The summed E-state index contributed by atoms with van der Waals surface area (Å²) in [7, 11) is 0. The first-order chi connectivity index (χ1) is 8.34. The van der Waals surface area contributed by atoms with Crippen LogP contribution in [0, 0.1) is 0 Å². The molecule has 4 nitrogen and oxygen atoms in total. The number of pyridine rings is 1. The third-order valence-corrected chi connectivity index (χ3v) is 2.48. The number of aromatic hydroxyl groups is 1. The molecule has 0 fully saturated rings. The van der Waals surface area contributed by atoms with E-state index in [1.54, 1.807) is 24.5 Å². The van der Waals surface area contributed by atoms with E-state index in [2.05, 4.69) is 15.0 Å². The second-order valence-electron chi connectivity index (χ2n) is 3.62. The lowest BCUT2D eigenvalue weighted by molar-refractivity contribution is 0.475. The second-order valence-corrected chi connectivity index (χ2v) is 3.62. The van der Waals surface area contributed by atoms with Crippen LogP contribution in [0.2, 0.25) is 0 Å². The summed E-state index contributed by atoms with van der Waals surface area (Å²) in [4.78, 5) is 12.8. The first-order valence-corrected chi connectivity index (χ1v) is 5.21. The summed E-state index contributed by atoms with van der Waals surface area (Å²) < 4.78 is 0. The molecule has 4 heteroatoms. The van der Waals surface area contributed by atoms with Crippen molar-refractivity contribution in [3.05, 3.63) is 48.8 Å². The fraction of sp³-hybridized carbons (Fsp3) is 0. The Hall–Kier alpha value is -2.49. The summed E-state index contributed by atoms with van der Waals surface area (Å²) >= 11 is 0. The summed E-state index contributed by atoms with van der Waals surface area (Å²) in [6, 6.07) is 10.8. The predicted molar refractivity (Wildman–Crippen MR) is 64.4 cm³/mol. The molecule has 1 N–H and O–H groups in total. The highest BCUT2D eigenvalue weighted by atomic mass is 16.3. The van der Waals surface area contributed by atoms with Gasteiger partial charge in [-0.1, -0.05) is 12.1 Å². The van der Waals surface area contributed by atoms with Gasteiger partial charge in [0.1, 0.15) is 17.1 Å². The van der Waals surface area contributed by atoms with Crippen molar-refractivity contribution in [2.45, 2.75) is 0 Å². The minimum Gasteiger partial charge on any atom is -0.506 e. The fourth-order valence-electron chi connectivity index (χ4n) is 1.67. The topological polar surface area (TPSA) is 58.9 Å². The number of benzene rings is 1. The number of nitrogens with zero attached hydrogens (tertiary/aromatic N) is 3. The molecule has 0 aliphatic rings. The van der Waals surface area contributed by atoms with Crippen molar-refractivity contribution < 1.29 is 5.11 Å². The third-order valence-electron chi connectivity index (χ3n) is 2.48. The molecule has 0 atom stereocenters. The molecule has 0 radical (unpaired) electrons. The van der Waals surface area contributed by atoms with Crippen LogP contribution >= 0.6 is 0 Å². The molecule has 3 rings (SSSR count). The molecule has 0 bridgehead atoms. The zero-order valence-electron chi connectivity index (χ0n) is 8.91. The first-order valence-electron chi connectivity index (χ1n) is 5.21. The van der Waals surface area contributed by atoms with E-state index in [0.29, 0.717) is 11.4 Å². The second kappa shape index (κ2) is 3.83. The van der Waals surface area contributed by atoms with Gasteiger partial charge in [-0.2, -0.15) is 0 Å². The van der Waals surface area contributed by atoms with Gasteiger partial charge in [0.15, 0.2) is 0 Å². The van der Waals surface area contributed by atoms with Crippen LogP contribution < -0.4 is 0 Å². The van der Waals surface area contributed by atoms with E-state index in [1.165, 1.54) is 0 Å². The van der Waals surface area contributed by atoms with Gasteiger partial charge in [-0.3, -0.25) is 9.97 Å². The number of rotatable bonds is 1. The molecule has 0 spiro atoms. The Bertz CT molecular complexity index is 682. The fourth-order valence-corrected chi connectivity index (χ4v) is 1.67. The average molecular weight is 223 g/mol. The van der Waals surface area contributed by atoms with Gasteiger partial charge in [-0.15, -0.1) is 0 Å². The van der Waals surface area contributed by atoms with Crippen LogP contribution in [0.5, 0.6) is 5.75 Å². The molecule has 0 aliphatic heterocycles. The van der Waals surface area contributed by atoms with E-state index >= 15 is 0 Å². The van der Waals surface area contributed by atoms with Crippen molar-refractivity contribution in [3.63, 3.8) is 0 Å². The van der Waals surface area contributed by atoms with Gasteiger partial charge in [0.2, 0.25) is 0 Å². The van der Waals surface area contributed by atoms with Gasteiger partial charge >= 0.3 is 0 Å². The number of hydrogen-bond acceptors (Lipinski definition) is 4. The van der Waals surface area contributed by atoms with Crippen molar-refractivity contribution in [3.8, 4) is 17.1 Å². The summed E-state index contributed by atoms with van der Waals surface area (Å²) in [6.07, 6.45) is 3.23. The lowest BCUT2D eigenvalue weighted by Gasteiger charge is -2.03. The molecule has 82 valence electrons. The SMILES string of the molecule is Oc1cccnc1-c1cnc2ccccc2n1. The largest absolute Gasteiger partial charge is 0.506 e. The molecular formula is C13H9N3O. The van der Waals surface area contributed by atoms with Crippen LogP contribution in [0.4, 0.5) is 0 Å². The molecule has 0 unspecified atom stereocenters. The smallest absolute Gasteiger partial charge is 0.143 e. The highest BCUT2D eigenvalue weighted by molar-refractivity contribution is 5.77. The molecule has 0 amide bonds. The predicted octanol–water partition coefficient (Wildman–Crippen LogP) is 2.40. The summed E-state index contributed by atoms with van der Waals surface area (Å²) in [6.45, 7) is 0. The zero-order chi connectivity index (χ0) is 11.7. The molecular weight excluding hydrogens is 214 g/mol. The van der Waals surface area contributed by atoms with Crippen molar-refractivity contribution in [1.29, 1.82) is 0 Å². The van der Waals surface area contributed by atoms with Gasteiger partial charge in [-0.05, 0) is 24.3 Å². The van der Waals surface area contributed by atoms with E-state index in [4.69, 9.17) is 0 Å². The number of hydrogen-bond donors (Lipinski definition) is 1. The van der Waals surface area contributed by atoms with Gasteiger partial charge in [0.25, 0.3) is 0 Å². The maximum atomic E-state index is 9.71. The Kier molecular flexibility index (Phi) is 2.19. The Morgan fingerprint density at radius 1 is 0.882 bits per heavy atom. The molecule has 3 aromatic rings. The minimum atomic E-state index is 0.108. The molecule has 2 heterocycles. The van der Waals surface area contributed by atoms with E-state index in [1.807, 2.05) is 24.3 Å². The molecule has 2 aromatic heterocycles. The highest BCUT2D eigenvalue weighted by Crippen LogP contribution is 2.24. The van der Waals surface area contributed by atoms with Crippen molar-refractivity contribution >= 4 is 11.0 Å². The van der Waals surface area contributed by atoms with Crippen molar-refractivity contribution in [2.24, 2.45) is 0 Å². The molecule has 1 aromatic carbocycles. The summed E-state index contributed by atoms with van der Waals surface area (Å²) in [5.41, 5.74) is 2.63. The van der Waals surface area contributed by atoms with Crippen LogP contribution in [-0.4, -0.2) is 20.1 Å². The monoisotopic (exact) mass is 223 g/mol. The van der Waals surface area contributed by atoms with Crippen molar-refractivity contribution in [2.75, 3.05) is 0 Å². The van der Waals surface area contributed by atoms with Crippen LogP contribution in [0.1, 0.15) is 0 Å². The Morgan fingerprint density at radius 2 is 1.71 bits per heavy atom. The lowest BCUT2D eigenvalue weighted by Crippen LogP contribution is -1.90. The lowest BCUT2D eigenvalue weighted by atomic mass is 10.2. The van der Waals surface area contributed by atoms with Crippen LogP contribution in [0.25, 0.3) is 22.4 Å². The van der Waals surface area contributed by atoms with Crippen LogP contribution in [0.15, 0.2) is 48.8 Å². The Balaban J connectivity index is 2.22. The minimum absolute atomic E-state index is 0.108. The molecule has 17 heavy (non-hydrogen) atoms. The van der Waals surface area contributed by atoms with Gasteiger partial charge in [-0.25, -0.2) is 4.98 Å². The van der Waals surface area contributed by atoms with Gasteiger partial charge in [0, 0.05) is 6.20 Å². The number of fused-ring (bicyclic) bond motifs is 1. The van der Waals surface area contributed by atoms with Crippen LogP contribution in [-0.2, 0) is 0 Å². The third kappa shape index (κ3) is 1.69. The van der Waals surface area contributed by atoms with Crippen molar-refractivity contribution in [1.82, 2.24) is 15.0 Å². The zero-order valence-corrected chi connectivity index (χ0v) is 8.91. The summed E-state index contributed by atoms with van der Waals surface area (Å²) in [5, 5.41) is 9.71. The van der Waals surface area contributed by atoms with Gasteiger partial charge in [0.05, 0.1) is 17.2 Å².